The second-order valence-corrected chi connectivity index (χ2v) is 8.57. The number of aromatic nitrogens is 7. The summed E-state index contributed by atoms with van der Waals surface area (Å²) in [6, 6.07) is 15.9. The molecule has 0 spiro atoms. The summed E-state index contributed by atoms with van der Waals surface area (Å²) in [5, 5.41) is 8.95. The van der Waals surface area contributed by atoms with E-state index in [1.807, 2.05) is 56.3 Å². The Balaban J connectivity index is 1.51. The van der Waals surface area contributed by atoms with Crippen LogP contribution in [0.15, 0.2) is 82.9 Å². The number of aromatic amines is 2. The van der Waals surface area contributed by atoms with Gasteiger partial charge in [-0.25, -0.2) is 14.5 Å². The number of nitrogens with one attached hydrogen (secondary N) is 3. The summed E-state index contributed by atoms with van der Waals surface area (Å²) in [7, 11) is 0. The highest BCUT2D eigenvalue weighted by Gasteiger charge is 2.22. The van der Waals surface area contributed by atoms with Gasteiger partial charge in [0.2, 0.25) is 5.56 Å². The molecule has 10 heteroatoms. The van der Waals surface area contributed by atoms with E-state index in [1.165, 1.54) is 12.4 Å². The molecule has 0 radical (unpaired) electrons. The average Bonchev–Trinajstić information content (AvgIpc) is 3.49. The topological polar surface area (TPSA) is 126 Å². The second kappa shape index (κ2) is 8.35. The Hall–Kier alpha value is -4.99. The van der Waals surface area contributed by atoms with Crippen LogP contribution >= 0.6 is 0 Å². The first-order valence-electron chi connectivity index (χ1n) is 11.5. The highest BCUT2D eigenvalue weighted by Crippen LogP contribution is 2.32. The van der Waals surface area contributed by atoms with Gasteiger partial charge < -0.3 is 15.3 Å². The third-order valence-corrected chi connectivity index (χ3v) is 6.20. The number of hydrogen-bond donors (Lipinski definition) is 3. The van der Waals surface area contributed by atoms with Gasteiger partial charge in [-0.05, 0) is 43.7 Å². The van der Waals surface area contributed by atoms with Crippen LogP contribution in [0.25, 0.3) is 33.5 Å². The summed E-state index contributed by atoms with van der Waals surface area (Å²) in [5.41, 5.74) is 3.76. The third-order valence-electron chi connectivity index (χ3n) is 6.20. The van der Waals surface area contributed by atoms with Gasteiger partial charge in [0.15, 0.2) is 5.82 Å². The minimum absolute atomic E-state index is 0.153. The van der Waals surface area contributed by atoms with E-state index >= 15 is 0 Å². The van der Waals surface area contributed by atoms with Gasteiger partial charge in [-0.1, -0.05) is 24.3 Å². The number of fused-ring (bicyclic) bond motifs is 2. The Kier molecular flexibility index (Phi) is 4.99. The van der Waals surface area contributed by atoms with Crippen molar-refractivity contribution in [3.8, 4) is 16.9 Å². The lowest BCUT2D eigenvalue weighted by Crippen LogP contribution is -2.29. The lowest BCUT2D eigenvalue weighted by molar-refractivity contribution is 0.673. The monoisotopic (exact) mass is 478 g/mol. The maximum absolute atomic E-state index is 13.6. The van der Waals surface area contributed by atoms with Crippen LogP contribution in [0.4, 0.5) is 5.82 Å². The molecule has 0 fully saturated rings. The van der Waals surface area contributed by atoms with Gasteiger partial charge in [-0.3, -0.25) is 14.2 Å². The SMILES string of the molecule is Cc1ccn2nc(C(C)Nc3ncnc4[nH]cc(-c5cccc(=O)[nH]5)c34)n(-c3ccccc3)c(=O)c12. The van der Waals surface area contributed by atoms with E-state index in [0.29, 0.717) is 28.5 Å². The first kappa shape index (κ1) is 21.5. The van der Waals surface area contributed by atoms with Gasteiger partial charge in [-0.15, -0.1) is 0 Å². The minimum Gasteiger partial charge on any atom is -0.360 e. The highest BCUT2D eigenvalue weighted by atomic mass is 16.1. The molecule has 6 rings (SSSR count). The number of H-pyrrole nitrogens is 2. The molecule has 178 valence electrons. The number of rotatable bonds is 5. The van der Waals surface area contributed by atoms with Crippen LogP contribution in [0.5, 0.6) is 0 Å². The van der Waals surface area contributed by atoms with Crippen molar-refractivity contribution in [2.75, 3.05) is 5.32 Å². The van der Waals surface area contributed by atoms with Crippen molar-refractivity contribution in [2.45, 2.75) is 19.9 Å². The zero-order chi connectivity index (χ0) is 24.8. The molecule has 0 aliphatic heterocycles. The molecule has 1 aromatic carbocycles. The molecule has 3 N–H and O–H groups in total. The molecule has 36 heavy (non-hydrogen) atoms. The van der Waals surface area contributed by atoms with E-state index in [2.05, 4.69) is 25.3 Å². The third kappa shape index (κ3) is 3.47. The van der Waals surface area contributed by atoms with Gasteiger partial charge in [0.05, 0.1) is 22.8 Å². The predicted molar refractivity (Wildman–Crippen MR) is 138 cm³/mol. The number of pyridine rings is 1. The molecule has 0 saturated heterocycles. The van der Waals surface area contributed by atoms with Gasteiger partial charge in [-0.2, -0.15) is 5.10 Å². The quantitative estimate of drug-likeness (QED) is 0.348. The standard InChI is InChI=1S/C26H22N8O2/c1-15-11-12-33-22(15)26(36)34(17-7-4-3-5-8-17)25(32-33)16(2)30-24-21-18(13-27-23(21)28-14-29-24)19-9-6-10-20(35)31-19/h3-14,16H,1-2H3,(H,31,35)(H2,27,28,29,30). The van der Waals surface area contributed by atoms with Crippen molar-refractivity contribution in [1.82, 2.24) is 34.1 Å². The number of para-hydroxylation sites is 1. The second-order valence-electron chi connectivity index (χ2n) is 8.57. The number of aryl methyl sites for hydroxylation is 1. The van der Waals surface area contributed by atoms with E-state index in [0.717, 1.165) is 22.2 Å². The summed E-state index contributed by atoms with van der Waals surface area (Å²) in [4.78, 5) is 40.4. The van der Waals surface area contributed by atoms with E-state index in [9.17, 15) is 9.59 Å². The number of benzene rings is 1. The number of hydrogen-bond acceptors (Lipinski definition) is 6. The van der Waals surface area contributed by atoms with Crippen LogP contribution in [-0.4, -0.2) is 34.1 Å². The molecular formula is C26H22N8O2. The van der Waals surface area contributed by atoms with Gasteiger partial charge >= 0.3 is 0 Å². The zero-order valence-electron chi connectivity index (χ0n) is 19.6. The fourth-order valence-corrected chi connectivity index (χ4v) is 4.50. The smallest absolute Gasteiger partial charge is 0.282 e. The molecule has 10 nitrogen and oxygen atoms in total. The number of anilines is 1. The first-order valence-corrected chi connectivity index (χ1v) is 11.5. The molecule has 0 aliphatic rings. The van der Waals surface area contributed by atoms with E-state index in [-0.39, 0.29) is 11.1 Å². The van der Waals surface area contributed by atoms with Crippen molar-refractivity contribution >= 4 is 22.4 Å². The van der Waals surface area contributed by atoms with Crippen molar-refractivity contribution < 1.29 is 0 Å². The van der Waals surface area contributed by atoms with Gasteiger partial charge in [0, 0.05) is 24.0 Å². The molecule has 1 atom stereocenters. The van der Waals surface area contributed by atoms with Crippen LogP contribution in [0.1, 0.15) is 24.4 Å². The average molecular weight is 479 g/mol. The van der Waals surface area contributed by atoms with Crippen LogP contribution in [0.3, 0.4) is 0 Å². The number of nitrogens with zero attached hydrogens (tertiary/aromatic N) is 5. The Labute approximate surface area is 204 Å². The normalized spacial score (nSPS) is 12.3. The minimum atomic E-state index is -0.416. The van der Waals surface area contributed by atoms with Gasteiger partial charge in [0.25, 0.3) is 5.56 Å². The van der Waals surface area contributed by atoms with Crippen LogP contribution in [0, 0.1) is 6.92 Å². The molecule has 0 amide bonds. The molecule has 0 bridgehead atoms. The van der Waals surface area contributed by atoms with Gasteiger partial charge in [0.1, 0.15) is 23.3 Å². The van der Waals surface area contributed by atoms with E-state index < -0.39 is 6.04 Å². The largest absolute Gasteiger partial charge is 0.360 e. The maximum Gasteiger partial charge on any atom is 0.282 e. The molecule has 6 aromatic rings. The van der Waals surface area contributed by atoms with Crippen molar-refractivity contribution in [1.29, 1.82) is 0 Å². The summed E-state index contributed by atoms with van der Waals surface area (Å²) < 4.78 is 3.25. The lowest BCUT2D eigenvalue weighted by atomic mass is 10.1. The summed E-state index contributed by atoms with van der Waals surface area (Å²) in [6.45, 7) is 3.82. The Morgan fingerprint density at radius 1 is 1.00 bits per heavy atom. The summed E-state index contributed by atoms with van der Waals surface area (Å²) in [5.74, 6) is 1.07. The van der Waals surface area contributed by atoms with E-state index in [1.54, 1.807) is 27.5 Å². The summed E-state index contributed by atoms with van der Waals surface area (Å²) in [6.07, 6.45) is 5.03. The fraction of sp³-hybridized carbons (Fsp3) is 0.115. The Morgan fingerprint density at radius 2 is 1.83 bits per heavy atom. The molecule has 0 aliphatic carbocycles. The predicted octanol–water partition coefficient (Wildman–Crippen LogP) is 3.59. The van der Waals surface area contributed by atoms with Crippen molar-refractivity contribution in [3.05, 3.63) is 105 Å². The first-order chi connectivity index (χ1) is 17.5. The zero-order valence-corrected chi connectivity index (χ0v) is 19.6. The van der Waals surface area contributed by atoms with Crippen LogP contribution in [0.2, 0.25) is 0 Å². The molecule has 0 saturated carbocycles. The molecule has 1 unspecified atom stereocenters. The highest BCUT2D eigenvalue weighted by molar-refractivity contribution is 6.00. The van der Waals surface area contributed by atoms with Crippen LogP contribution < -0.4 is 16.4 Å². The van der Waals surface area contributed by atoms with Crippen molar-refractivity contribution in [2.24, 2.45) is 0 Å². The van der Waals surface area contributed by atoms with E-state index in [4.69, 9.17) is 5.10 Å². The summed E-state index contributed by atoms with van der Waals surface area (Å²) >= 11 is 0. The van der Waals surface area contributed by atoms with Crippen LogP contribution in [-0.2, 0) is 0 Å². The lowest BCUT2D eigenvalue weighted by Gasteiger charge is -2.20. The van der Waals surface area contributed by atoms with Crippen molar-refractivity contribution in [3.63, 3.8) is 0 Å². The fourth-order valence-electron chi connectivity index (χ4n) is 4.50. The Morgan fingerprint density at radius 3 is 2.64 bits per heavy atom. The molecule has 5 heterocycles. The molecular weight excluding hydrogens is 456 g/mol. The Bertz CT molecular complexity index is 1850. The maximum atomic E-state index is 13.6. The molecule has 5 aromatic heterocycles.